The number of likely N-dealkylation sites (tertiary alicyclic amines) is 1. The summed E-state index contributed by atoms with van der Waals surface area (Å²) >= 11 is 8.20. The van der Waals surface area contributed by atoms with Gasteiger partial charge in [0.2, 0.25) is 11.8 Å². The van der Waals surface area contributed by atoms with Crippen LogP contribution in [0.3, 0.4) is 0 Å². The lowest BCUT2D eigenvalue weighted by atomic mass is 9.70. The molecule has 3 saturated heterocycles. The summed E-state index contributed by atoms with van der Waals surface area (Å²) in [7, 11) is 1.75. The fourth-order valence-electron chi connectivity index (χ4n) is 6.49. The molecule has 0 aliphatic carbocycles. The summed E-state index contributed by atoms with van der Waals surface area (Å²) in [6.07, 6.45) is 8.03. The van der Waals surface area contributed by atoms with Crippen LogP contribution in [0.1, 0.15) is 38.5 Å². The molecule has 206 valence electrons. The number of unbranched alkanes of at least 4 members (excludes halogenated alkanes) is 3. The maximum atomic E-state index is 14.5. The molecular weight excluding hydrogens is 522 g/mol. The highest BCUT2D eigenvalue weighted by Gasteiger charge is 2.73. The fraction of sp³-hybridized carbons (Fsp3) is 0.552. The minimum Gasteiger partial charge on any atom is -0.396 e. The van der Waals surface area contributed by atoms with E-state index in [1.165, 1.54) is 0 Å². The van der Waals surface area contributed by atoms with E-state index in [1.54, 1.807) is 51.7 Å². The second kappa shape index (κ2) is 12.3. The molecule has 3 heterocycles. The molecule has 3 aliphatic rings. The molecule has 1 N–H and O–H groups in total. The summed E-state index contributed by atoms with van der Waals surface area (Å²) in [5.74, 6) is -1.30. The predicted molar refractivity (Wildman–Crippen MR) is 153 cm³/mol. The van der Waals surface area contributed by atoms with Gasteiger partial charge in [-0.15, -0.1) is 24.9 Å². The van der Waals surface area contributed by atoms with Crippen LogP contribution in [0.2, 0.25) is 5.02 Å². The Morgan fingerprint density at radius 3 is 2.55 bits per heavy atom. The molecular formula is C29H38ClN3O4S. The van der Waals surface area contributed by atoms with Crippen molar-refractivity contribution >= 4 is 46.8 Å². The van der Waals surface area contributed by atoms with Gasteiger partial charge < -0.3 is 19.8 Å². The third-order valence-electron chi connectivity index (χ3n) is 8.13. The first-order chi connectivity index (χ1) is 18.3. The van der Waals surface area contributed by atoms with Gasteiger partial charge in [0.1, 0.15) is 6.04 Å². The topological polar surface area (TPSA) is 81.2 Å². The molecule has 1 spiro atoms. The molecule has 1 aromatic carbocycles. The van der Waals surface area contributed by atoms with E-state index in [0.29, 0.717) is 30.2 Å². The molecule has 2 unspecified atom stereocenters. The second-order valence-electron chi connectivity index (χ2n) is 10.4. The van der Waals surface area contributed by atoms with Gasteiger partial charge in [-0.3, -0.25) is 14.4 Å². The molecule has 3 fully saturated rings. The quantitative estimate of drug-likeness (QED) is 0.290. The third kappa shape index (κ3) is 5.03. The maximum Gasteiger partial charge on any atom is 0.251 e. The molecule has 1 aromatic rings. The number of hydrogen-bond donors (Lipinski definition) is 1. The first-order valence-electron chi connectivity index (χ1n) is 13.4. The summed E-state index contributed by atoms with van der Waals surface area (Å²) in [4.78, 5) is 47.2. The van der Waals surface area contributed by atoms with Crippen molar-refractivity contribution in [2.75, 3.05) is 38.2 Å². The zero-order valence-corrected chi connectivity index (χ0v) is 23.6. The van der Waals surface area contributed by atoms with E-state index in [1.807, 2.05) is 18.2 Å². The summed E-state index contributed by atoms with van der Waals surface area (Å²) < 4.78 is -0.653. The van der Waals surface area contributed by atoms with Crippen LogP contribution in [-0.2, 0) is 14.4 Å². The van der Waals surface area contributed by atoms with Crippen molar-refractivity contribution in [3.05, 3.63) is 54.6 Å². The predicted octanol–water partition coefficient (Wildman–Crippen LogP) is 4.15. The summed E-state index contributed by atoms with van der Waals surface area (Å²) in [5.41, 5.74) is 0.588. The van der Waals surface area contributed by atoms with E-state index in [9.17, 15) is 14.4 Å². The summed E-state index contributed by atoms with van der Waals surface area (Å²) in [5, 5.41) is 9.61. The molecule has 2 bridgehead atoms. The van der Waals surface area contributed by atoms with E-state index in [-0.39, 0.29) is 36.1 Å². The van der Waals surface area contributed by atoms with Gasteiger partial charge >= 0.3 is 0 Å². The molecule has 4 rings (SSSR count). The summed E-state index contributed by atoms with van der Waals surface area (Å²) in [6.45, 7) is 8.87. The number of para-hydroxylation sites is 1. The third-order valence-corrected chi connectivity index (χ3v) is 10.4. The lowest BCUT2D eigenvalue weighted by molar-refractivity contribution is -0.143. The van der Waals surface area contributed by atoms with Crippen LogP contribution < -0.4 is 4.90 Å². The highest BCUT2D eigenvalue weighted by atomic mass is 35.5. The van der Waals surface area contributed by atoms with Gasteiger partial charge in [-0.2, -0.15) is 0 Å². The molecule has 0 aromatic heterocycles. The minimum absolute atomic E-state index is 0.0129. The number of fused-ring (bicyclic) bond motifs is 1. The Hall–Kier alpha value is -2.29. The van der Waals surface area contributed by atoms with Crippen molar-refractivity contribution in [2.24, 2.45) is 11.8 Å². The SMILES string of the molecule is C=CCN(C)C(=O)[C@@H]1[C@H]2C(=O)N(CCCCCCO)C(C(=O)N(CC=C)c3ccccc3Cl)C23CC[C@H]1S3. The van der Waals surface area contributed by atoms with Crippen molar-refractivity contribution in [2.45, 2.75) is 54.6 Å². The van der Waals surface area contributed by atoms with Gasteiger partial charge in [0.25, 0.3) is 5.91 Å². The van der Waals surface area contributed by atoms with Crippen LogP contribution in [0, 0.1) is 11.8 Å². The lowest BCUT2D eigenvalue weighted by Crippen LogP contribution is -2.55. The Labute approximate surface area is 234 Å². The van der Waals surface area contributed by atoms with Crippen molar-refractivity contribution in [3.63, 3.8) is 0 Å². The number of carbonyl (C=O) groups excluding carboxylic acids is 3. The highest BCUT2D eigenvalue weighted by molar-refractivity contribution is 8.02. The molecule has 0 saturated carbocycles. The van der Waals surface area contributed by atoms with Crippen molar-refractivity contribution < 1.29 is 19.5 Å². The molecule has 7 nitrogen and oxygen atoms in total. The van der Waals surface area contributed by atoms with Crippen LogP contribution in [0.25, 0.3) is 0 Å². The zero-order chi connectivity index (χ0) is 27.4. The van der Waals surface area contributed by atoms with Crippen molar-refractivity contribution in [3.8, 4) is 0 Å². The van der Waals surface area contributed by atoms with Gasteiger partial charge in [0.05, 0.1) is 27.3 Å². The van der Waals surface area contributed by atoms with Crippen LogP contribution in [0.4, 0.5) is 5.69 Å². The Kier molecular flexibility index (Phi) is 9.27. The number of aliphatic hydroxyl groups is 1. The second-order valence-corrected chi connectivity index (χ2v) is 12.4. The first-order valence-corrected chi connectivity index (χ1v) is 14.7. The molecule has 0 radical (unpaired) electrons. The number of amides is 3. The Morgan fingerprint density at radius 1 is 1.16 bits per heavy atom. The number of halogens is 1. The minimum atomic E-state index is -0.688. The van der Waals surface area contributed by atoms with Crippen LogP contribution in [0.5, 0.6) is 0 Å². The highest BCUT2D eigenvalue weighted by Crippen LogP contribution is 2.66. The molecule has 5 atom stereocenters. The molecule has 9 heteroatoms. The van der Waals surface area contributed by atoms with Gasteiger partial charge in [0.15, 0.2) is 0 Å². The monoisotopic (exact) mass is 559 g/mol. The Balaban J connectivity index is 1.72. The average molecular weight is 560 g/mol. The number of thioether (sulfide) groups is 1. The van der Waals surface area contributed by atoms with Crippen molar-refractivity contribution in [1.29, 1.82) is 0 Å². The van der Waals surface area contributed by atoms with Crippen LogP contribution in [-0.4, -0.2) is 82.0 Å². The van der Waals surface area contributed by atoms with E-state index in [0.717, 1.165) is 32.1 Å². The average Bonchev–Trinajstić information content (AvgIpc) is 3.54. The number of nitrogens with zero attached hydrogens (tertiary/aromatic N) is 3. The van der Waals surface area contributed by atoms with Gasteiger partial charge in [-0.1, -0.05) is 48.7 Å². The first kappa shape index (κ1) is 28.7. The number of aliphatic hydroxyl groups excluding tert-OH is 1. The number of benzene rings is 1. The number of anilines is 1. The van der Waals surface area contributed by atoms with Crippen molar-refractivity contribution in [1.82, 2.24) is 9.80 Å². The van der Waals surface area contributed by atoms with E-state index in [2.05, 4.69) is 13.2 Å². The van der Waals surface area contributed by atoms with Gasteiger partial charge in [0, 0.05) is 38.5 Å². The Bertz CT molecular complexity index is 1080. The lowest BCUT2D eigenvalue weighted by Gasteiger charge is -2.37. The molecule has 3 aliphatic heterocycles. The van der Waals surface area contributed by atoms with Crippen LogP contribution >= 0.6 is 23.4 Å². The van der Waals surface area contributed by atoms with E-state index < -0.39 is 22.6 Å². The van der Waals surface area contributed by atoms with Gasteiger partial charge in [-0.05, 0) is 37.8 Å². The normalized spacial score (nSPS) is 27.3. The smallest absolute Gasteiger partial charge is 0.251 e. The fourth-order valence-corrected chi connectivity index (χ4v) is 8.94. The maximum absolute atomic E-state index is 14.5. The van der Waals surface area contributed by atoms with Crippen LogP contribution in [0.15, 0.2) is 49.6 Å². The van der Waals surface area contributed by atoms with Gasteiger partial charge in [-0.25, -0.2) is 0 Å². The number of hydrogen-bond acceptors (Lipinski definition) is 5. The number of carbonyl (C=O) groups is 3. The number of rotatable bonds is 13. The molecule has 3 amide bonds. The standard InChI is InChI=1S/C29H38ClN3O4S/c1-4-16-31(3)26(35)23-22-14-15-29(38-22)24(23)27(36)33(18-10-6-7-11-19-34)25(29)28(37)32(17-5-2)21-13-9-8-12-20(21)30/h4-5,8-9,12-13,22-25,34H,1-2,6-7,10-11,14-19H2,3H3/t22-,23+,24+,25?,29?/m1/s1. The summed E-state index contributed by atoms with van der Waals surface area (Å²) in [6, 6.07) is 6.53. The Morgan fingerprint density at radius 2 is 1.87 bits per heavy atom. The largest absolute Gasteiger partial charge is 0.396 e. The molecule has 38 heavy (non-hydrogen) atoms. The zero-order valence-electron chi connectivity index (χ0n) is 22.1. The van der Waals surface area contributed by atoms with E-state index >= 15 is 0 Å². The number of likely N-dealkylation sites (N-methyl/N-ethyl adjacent to an activating group) is 1. The van der Waals surface area contributed by atoms with E-state index in [4.69, 9.17) is 16.7 Å².